The van der Waals surface area contributed by atoms with E-state index in [-0.39, 0.29) is 0 Å². The molecule has 0 bridgehead atoms. The van der Waals surface area contributed by atoms with Crippen molar-refractivity contribution in [1.29, 1.82) is 0 Å². The van der Waals surface area contributed by atoms with Gasteiger partial charge in [-0.25, -0.2) is 0 Å². The van der Waals surface area contributed by atoms with Gasteiger partial charge in [0.1, 0.15) is 0 Å². The number of aryl methyl sites for hydroxylation is 1. The summed E-state index contributed by atoms with van der Waals surface area (Å²) in [6, 6.07) is 7.24. The van der Waals surface area contributed by atoms with Crippen molar-refractivity contribution in [2.45, 2.75) is 30.7 Å². The first-order chi connectivity index (χ1) is 7.33. The van der Waals surface area contributed by atoms with Crippen LogP contribution in [0, 0.1) is 0 Å². The van der Waals surface area contributed by atoms with Crippen molar-refractivity contribution >= 4 is 17.4 Å². The Kier molecular flexibility index (Phi) is 3.54. The van der Waals surface area contributed by atoms with Gasteiger partial charge < -0.3 is 11.1 Å². The van der Waals surface area contributed by atoms with E-state index in [1.165, 1.54) is 16.1 Å². The molecule has 1 aliphatic rings. The molecule has 1 unspecified atom stereocenters. The van der Waals surface area contributed by atoms with Gasteiger partial charge in [0.25, 0.3) is 0 Å². The fourth-order valence-corrected chi connectivity index (χ4v) is 2.98. The predicted octanol–water partition coefficient (Wildman–Crippen LogP) is 2.48. The van der Waals surface area contributed by atoms with Crippen molar-refractivity contribution in [3.05, 3.63) is 23.8 Å². The maximum Gasteiger partial charge on any atom is 0.0481 e. The molecule has 0 spiro atoms. The van der Waals surface area contributed by atoms with Gasteiger partial charge in [-0.15, -0.1) is 11.8 Å². The molecule has 0 amide bonds. The lowest BCUT2D eigenvalue weighted by Crippen LogP contribution is -2.28. The number of nitrogens with one attached hydrogen (secondary N) is 1. The molecule has 82 valence electrons. The number of fused-ring (bicyclic) bond motifs is 1. The standard InChI is InChI=1S/C12H18N2S/c1-2-9-3-4-11-12(7-9)15-8-10(14-11)5-6-13/h3-4,7,10,14H,2,5-6,8,13H2,1H3. The third-order valence-corrected chi connectivity index (χ3v) is 3.99. The number of thioether (sulfide) groups is 1. The van der Waals surface area contributed by atoms with E-state index >= 15 is 0 Å². The minimum atomic E-state index is 0.542. The second kappa shape index (κ2) is 4.90. The van der Waals surface area contributed by atoms with Crippen LogP contribution < -0.4 is 11.1 Å². The van der Waals surface area contributed by atoms with Gasteiger partial charge in [0, 0.05) is 22.4 Å². The fraction of sp³-hybridized carbons (Fsp3) is 0.500. The number of hydrogen-bond acceptors (Lipinski definition) is 3. The third kappa shape index (κ3) is 2.47. The molecule has 2 rings (SSSR count). The van der Waals surface area contributed by atoms with Crippen LogP contribution in [0.3, 0.4) is 0 Å². The summed E-state index contributed by atoms with van der Waals surface area (Å²) in [5.74, 6) is 1.14. The normalized spacial score (nSPS) is 19.5. The molecule has 1 aromatic carbocycles. The second-order valence-electron chi connectivity index (χ2n) is 3.91. The third-order valence-electron chi connectivity index (χ3n) is 2.77. The molecule has 0 radical (unpaired) electrons. The summed E-state index contributed by atoms with van der Waals surface area (Å²) >= 11 is 1.95. The zero-order valence-electron chi connectivity index (χ0n) is 9.12. The molecule has 1 aliphatic heterocycles. The Morgan fingerprint density at radius 2 is 2.40 bits per heavy atom. The van der Waals surface area contributed by atoms with Crippen molar-refractivity contribution in [1.82, 2.24) is 0 Å². The largest absolute Gasteiger partial charge is 0.381 e. The zero-order chi connectivity index (χ0) is 10.7. The molecular formula is C12H18N2S. The van der Waals surface area contributed by atoms with Crippen molar-refractivity contribution in [2.75, 3.05) is 17.6 Å². The highest BCUT2D eigenvalue weighted by Gasteiger charge is 2.17. The van der Waals surface area contributed by atoms with E-state index in [2.05, 4.69) is 30.4 Å². The molecule has 0 saturated heterocycles. The highest BCUT2D eigenvalue weighted by Crippen LogP contribution is 2.34. The van der Waals surface area contributed by atoms with Crippen molar-refractivity contribution < 1.29 is 0 Å². The second-order valence-corrected chi connectivity index (χ2v) is 4.98. The number of rotatable bonds is 3. The molecule has 1 heterocycles. The first kappa shape index (κ1) is 10.8. The summed E-state index contributed by atoms with van der Waals surface area (Å²) in [7, 11) is 0. The van der Waals surface area contributed by atoms with Crippen molar-refractivity contribution in [3.8, 4) is 0 Å². The summed E-state index contributed by atoms with van der Waals surface area (Å²) in [4.78, 5) is 1.39. The average Bonchev–Trinajstić information content (AvgIpc) is 2.29. The van der Waals surface area contributed by atoms with E-state index in [0.29, 0.717) is 6.04 Å². The molecule has 2 nitrogen and oxygen atoms in total. The molecule has 1 atom stereocenters. The Morgan fingerprint density at radius 3 is 3.13 bits per heavy atom. The van der Waals surface area contributed by atoms with Gasteiger partial charge in [0.05, 0.1) is 0 Å². The Hall–Kier alpha value is -0.670. The Balaban J connectivity index is 2.13. The quantitative estimate of drug-likeness (QED) is 0.825. The Bertz CT molecular complexity index is 338. The van der Waals surface area contributed by atoms with Crippen LogP contribution in [-0.4, -0.2) is 18.3 Å². The lowest BCUT2D eigenvalue weighted by atomic mass is 10.1. The lowest BCUT2D eigenvalue weighted by Gasteiger charge is -2.26. The summed E-state index contributed by atoms with van der Waals surface area (Å²) < 4.78 is 0. The van der Waals surface area contributed by atoms with Gasteiger partial charge in [-0.05, 0) is 37.1 Å². The van der Waals surface area contributed by atoms with Crippen LogP contribution in [0.15, 0.2) is 23.1 Å². The SMILES string of the molecule is CCc1ccc2c(c1)SCC(CCN)N2. The summed E-state index contributed by atoms with van der Waals surface area (Å²) in [6.45, 7) is 2.96. The predicted molar refractivity (Wildman–Crippen MR) is 67.6 cm³/mol. The van der Waals surface area contributed by atoms with Gasteiger partial charge in [-0.3, -0.25) is 0 Å². The van der Waals surface area contributed by atoms with Crippen LogP contribution in [0.2, 0.25) is 0 Å². The topological polar surface area (TPSA) is 38.0 Å². The molecule has 0 aliphatic carbocycles. The first-order valence-corrected chi connectivity index (χ1v) is 6.54. The van der Waals surface area contributed by atoms with Crippen LogP contribution in [0.5, 0.6) is 0 Å². The van der Waals surface area contributed by atoms with Gasteiger partial charge >= 0.3 is 0 Å². The van der Waals surface area contributed by atoms with E-state index < -0.39 is 0 Å². The molecular weight excluding hydrogens is 204 g/mol. The van der Waals surface area contributed by atoms with Crippen LogP contribution in [0.25, 0.3) is 0 Å². The number of benzene rings is 1. The number of hydrogen-bond donors (Lipinski definition) is 2. The van der Waals surface area contributed by atoms with Gasteiger partial charge in [-0.1, -0.05) is 13.0 Å². The minimum Gasteiger partial charge on any atom is -0.381 e. The zero-order valence-corrected chi connectivity index (χ0v) is 9.94. The molecule has 3 heteroatoms. The van der Waals surface area contributed by atoms with Crippen LogP contribution >= 0.6 is 11.8 Å². The number of anilines is 1. The molecule has 3 N–H and O–H groups in total. The maximum absolute atomic E-state index is 5.58. The van der Waals surface area contributed by atoms with Crippen molar-refractivity contribution in [3.63, 3.8) is 0 Å². The summed E-state index contributed by atoms with van der Waals surface area (Å²) in [5, 5.41) is 3.55. The average molecular weight is 222 g/mol. The first-order valence-electron chi connectivity index (χ1n) is 5.55. The summed E-state index contributed by atoms with van der Waals surface area (Å²) in [6.07, 6.45) is 2.17. The van der Waals surface area contributed by atoms with E-state index in [1.807, 2.05) is 11.8 Å². The summed E-state index contributed by atoms with van der Waals surface area (Å²) in [5.41, 5.74) is 8.27. The highest BCUT2D eigenvalue weighted by atomic mass is 32.2. The number of nitrogens with two attached hydrogens (primary N) is 1. The Labute approximate surface area is 95.6 Å². The molecule has 1 aromatic rings. The van der Waals surface area contributed by atoms with Gasteiger partial charge in [0.2, 0.25) is 0 Å². The van der Waals surface area contributed by atoms with E-state index in [1.54, 1.807) is 0 Å². The van der Waals surface area contributed by atoms with Gasteiger partial charge in [-0.2, -0.15) is 0 Å². The van der Waals surface area contributed by atoms with Crippen LogP contribution in [0.4, 0.5) is 5.69 Å². The lowest BCUT2D eigenvalue weighted by molar-refractivity contribution is 0.718. The van der Waals surface area contributed by atoms with Crippen LogP contribution in [-0.2, 0) is 6.42 Å². The van der Waals surface area contributed by atoms with E-state index in [4.69, 9.17) is 5.73 Å². The monoisotopic (exact) mass is 222 g/mol. The molecule has 0 saturated carbocycles. The maximum atomic E-state index is 5.58. The smallest absolute Gasteiger partial charge is 0.0481 e. The molecule has 0 aromatic heterocycles. The van der Waals surface area contributed by atoms with Crippen molar-refractivity contribution in [2.24, 2.45) is 5.73 Å². The van der Waals surface area contributed by atoms with Crippen LogP contribution in [0.1, 0.15) is 18.9 Å². The minimum absolute atomic E-state index is 0.542. The van der Waals surface area contributed by atoms with E-state index in [0.717, 1.165) is 25.1 Å². The van der Waals surface area contributed by atoms with Gasteiger partial charge in [0.15, 0.2) is 0 Å². The molecule has 15 heavy (non-hydrogen) atoms. The Morgan fingerprint density at radius 1 is 1.53 bits per heavy atom. The highest BCUT2D eigenvalue weighted by molar-refractivity contribution is 7.99. The molecule has 0 fully saturated rings. The fourth-order valence-electron chi connectivity index (χ4n) is 1.83. The van der Waals surface area contributed by atoms with E-state index in [9.17, 15) is 0 Å².